The van der Waals surface area contributed by atoms with Gasteiger partial charge in [0.15, 0.2) is 0 Å². The molecule has 1 spiro atoms. The highest BCUT2D eigenvalue weighted by Gasteiger charge is 2.47. The Morgan fingerprint density at radius 3 is 2.45 bits per heavy atom. The van der Waals surface area contributed by atoms with Crippen molar-refractivity contribution in [3.8, 4) is 0 Å². The van der Waals surface area contributed by atoms with Crippen LogP contribution in [0.25, 0.3) is 5.70 Å². The number of likely N-dealkylation sites (N-methyl/N-ethyl adjacent to an activating group) is 1. The molecule has 0 aromatic heterocycles. The second kappa shape index (κ2) is 8.96. The summed E-state index contributed by atoms with van der Waals surface area (Å²) in [7, 11) is 8.19. The third kappa shape index (κ3) is 4.59. The highest BCUT2D eigenvalue weighted by molar-refractivity contribution is 6.32. The van der Waals surface area contributed by atoms with Crippen LogP contribution in [0.1, 0.15) is 35.4 Å². The Morgan fingerprint density at radius 2 is 1.77 bits per heavy atom. The molecule has 2 fully saturated rings. The minimum absolute atomic E-state index is 0.347. The van der Waals surface area contributed by atoms with Crippen LogP contribution >= 0.6 is 0 Å². The molecular formula is C27H34BN3. The lowest BCUT2D eigenvalue weighted by atomic mass is 9.68. The van der Waals surface area contributed by atoms with Crippen LogP contribution in [-0.4, -0.2) is 57.4 Å². The fourth-order valence-corrected chi connectivity index (χ4v) is 5.51. The van der Waals surface area contributed by atoms with Crippen LogP contribution in [0.4, 0.5) is 0 Å². The van der Waals surface area contributed by atoms with Crippen molar-refractivity contribution in [3.05, 3.63) is 84.1 Å². The van der Waals surface area contributed by atoms with Crippen molar-refractivity contribution in [3.63, 3.8) is 0 Å². The van der Waals surface area contributed by atoms with Gasteiger partial charge in [-0.15, -0.1) is 0 Å². The molecule has 2 aliphatic heterocycles. The molecule has 2 aromatic rings. The Hall–Kier alpha value is -2.46. The predicted octanol–water partition coefficient (Wildman–Crippen LogP) is 3.67. The fraction of sp³-hybridized carbons (Fsp3) is 0.407. The summed E-state index contributed by atoms with van der Waals surface area (Å²) in [5, 5.41) is 3.49. The highest BCUT2D eigenvalue weighted by Crippen LogP contribution is 2.49. The SMILES string of the molecule is [B]c1ccc(C2CN(C)CC23CCN(C(=C)CNC(=C)c2ccccc2C)CC3)cc1. The molecule has 3 nitrogen and oxygen atoms in total. The maximum absolute atomic E-state index is 5.93. The molecular weight excluding hydrogens is 377 g/mol. The van der Waals surface area contributed by atoms with E-state index in [0.717, 1.165) is 43.0 Å². The summed E-state index contributed by atoms with van der Waals surface area (Å²) in [6.07, 6.45) is 2.40. The van der Waals surface area contributed by atoms with E-state index in [9.17, 15) is 0 Å². The molecule has 0 amide bonds. The molecule has 2 saturated heterocycles. The van der Waals surface area contributed by atoms with Crippen LogP contribution in [0, 0.1) is 12.3 Å². The monoisotopic (exact) mass is 411 g/mol. The summed E-state index contributed by atoms with van der Waals surface area (Å²) >= 11 is 0. The van der Waals surface area contributed by atoms with Gasteiger partial charge in [0.1, 0.15) is 7.85 Å². The lowest BCUT2D eigenvalue weighted by Crippen LogP contribution is -2.44. The molecule has 4 rings (SSSR count). The maximum Gasteiger partial charge on any atom is 0.113 e. The van der Waals surface area contributed by atoms with Gasteiger partial charge in [-0.05, 0) is 48.9 Å². The van der Waals surface area contributed by atoms with Crippen LogP contribution in [-0.2, 0) is 0 Å². The van der Waals surface area contributed by atoms with E-state index in [-0.39, 0.29) is 0 Å². The van der Waals surface area contributed by atoms with Crippen molar-refractivity contribution in [1.82, 2.24) is 15.1 Å². The van der Waals surface area contributed by atoms with Gasteiger partial charge < -0.3 is 15.1 Å². The average Bonchev–Trinajstić information content (AvgIpc) is 3.08. The zero-order valence-corrected chi connectivity index (χ0v) is 19.0. The van der Waals surface area contributed by atoms with Crippen LogP contribution in [0.3, 0.4) is 0 Å². The lowest BCUT2D eigenvalue weighted by molar-refractivity contribution is 0.119. The average molecular weight is 411 g/mol. The molecule has 0 bridgehead atoms. The van der Waals surface area contributed by atoms with Crippen LogP contribution < -0.4 is 10.8 Å². The number of hydrogen-bond acceptors (Lipinski definition) is 3. The minimum atomic E-state index is 0.347. The molecule has 4 heteroatoms. The topological polar surface area (TPSA) is 18.5 Å². The Kier molecular flexibility index (Phi) is 6.29. The number of likely N-dealkylation sites (tertiary alicyclic amines) is 2. The van der Waals surface area contributed by atoms with Crippen LogP contribution in [0.15, 0.2) is 67.4 Å². The van der Waals surface area contributed by atoms with Crippen molar-refractivity contribution in [2.24, 2.45) is 5.41 Å². The van der Waals surface area contributed by atoms with Gasteiger partial charge in [0.05, 0.1) is 6.54 Å². The Labute approximate surface area is 189 Å². The summed E-state index contributed by atoms with van der Waals surface area (Å²) in [5.74, 6) is 0.576. The highest BCUT2D eigenvalue weighted by atomic mass is 15.2. The Balaban J connectivity index is 1.36. The van der Waals surface area contributed by atoms with Gasteiger partial charge in [0.25, 0.3) is 0 Å². The standard InChI is InChI=1S/C27H34BN3/c1-20-7-5-6-8-25(20)22(3)29-17-21(2)31-15-13-27(14-16-31)19-30(4)18-26(27)23-9-11-24(28)12-10-23/h5-12,26,29H,2-3,13-19H2,1,4H3. The second-order valence-electron chi connectivity index (χ2n) is 9.48. The van der Waals surface area contributed by atoms with E-state index >= 15 is 0 Å². The first-order chi connectivity index (χ1) is 14.9. The molecule has 2 aliphatic rings. The zero-order chi connectivity index (χ0) is 22.0. The number of piperidine rings is 1. The van der Waals surface area contributed by atoms with Crippen LogP contribution in [0.5, 0.6) is 0 Å². The predicted molar refractivity (Wildman–Crippen MR) is 133 cm³/mol. The van der Waals surface area contributed by atoms with Crippen LogP contribution in [0.2, 0.25) is 0 Å². The van der Waals surface area contributed by atoms with Gasteiger partial charge in [-0.3, -0.25) is 0 Å². The van der Waals surface area contributed by atoms with Gasteiger partial charge in [-0.1, -0.05) is 67.2 Å². The quantitative estimate of drug-likeness (QED) is 0.732. The first kappa shape index (κ1) is 21.8. The molecule has 31 heavy (non-hydrogen) atoms. The smallest absolute Gasteiger partial charge is 0.113 e. The number of aryl methyl sites for hydroxylation is 1. The van der Waals surface area contributed by atoms with Gasteiger partial charge in [0, 0.05) is 43.5 Å². The molecule has 2 heterocycles. The number of rotatable bonds is 6. The molecule has 0 saturated carbocycles. The molecule has 2 aromatic carbocycles. The van der Waals surface area contributed by atoms with Crippen molar-refractivity contribution < 1.29 is 0 Å². The van der Waals surface area contributed by atoms with E-state index in [4.69, 9.17) is 7.85 Å². The molecule has 1 N–H and O–H groups in total. The van der Waals surface area contributed by atoms with Crippen molar-refractivity contribution in [1.29, 1.82) is 0 Å². The van der Waals surface area contributed by atoms with E-state index in [0.29, 0.717) is 11.3 Å². The molecule has 160 valence electrons. The van der Waals surface area contributed by atoms with Gasteiger partial charge in [-0.25, -0.2) is 0 Å². The number of nitrogens with zero attached hydrogens (tertiary/aromatic N) is 2. The summed E-state index contributed by atoms with van der Waals surface area (Å²) in [6.45, 7) is 15.9. The minimum Gasteiger partial charge on any atom is -0.379 e. The van der Waals surface area contributed by atoms with Gasteiger partial charge in [-0.2, -0.15) is 0 Å². The molecule has 1 unspecified atom stereocenters. The van der Waals surface area contributed by atoms with E-state index in [1.165, 1.54) is 36.1 Å². The third-order valence-electron chi connectivity index (χ3n) is 7.34. The van der Waals surface area contributed by atoms with E-state index in [1.54, 1.807) is 0 Å². The normalized spacial score (nSPS) is 20.7. The molecule has 0 aliphatic carbocycles. The van der Waals surface area contributed by atoms with Crippen molar-refractivity contribution in [2.45, 2.75) is 25.7 Å². The summed E-state index contributed by atoms with van der Waals surface area (Å²) in [5.41, 5.74) is 7.16. The zero-order valence-electron chi connectivity index (χ0n) is 19.0. The van der Waals surface area contributed by atoms with Crippen molar-refractivity contribution in [2.75, 3.05) is 39.8 Å². The van der Waals surface area contributed by atoms with E-state index in [2.05, 4.69) is 78.6 Å². The van der Waals surface area contributed by atoms with Crippen molar-refractivity contribution >= 4 is 19.0 Å². The summed E-state index contributed by atoms with van der Waals surface area (Å²) in [4.78, 5) is 4.96. The number of benzene rings is 2. The largest absolute Gasteiger partial charge is 0.379 e. The van der Waals surface area contributed by atoms with E-state index in [1.807, 2.05) is 12.1 Å². The first-order valence-corrected chi connectivity index (χ1v) is 11.3. The second-order valence-corrected chi connectivity index (χ2v) is 9.48. The van der Waals surface area contributed by atoms with Gasteiger partial charge >= 0.3 is 0 Å². The lowest BCUT2D eigenvalue weighted by Gasteiger charge is -2.44. The Morgan fingerprint density at radius 1 is 1.10 bits per heavy atom. The maximum atomic E-state index is 5.93. The fourth-order valence-electron chi connectivity index (χ4n) is 5.51. The molecule has 1 atom stereocenters. The molecule has 2 radical (unpaired) electrons. The summed E-state index contributed by atoms with van der Waals surface area (Å²) in [6, 6.07) is 16.9. The Bertz CT molecular complexity index is 941. The first-order valence-electron chi connectivity index (χ1n) is 11.3. The summed E-state index contributed by atoms with van der Waals surface area (Å²) < 4.78 is 0. The third-order valence-corrected chi connectivity index (χ3v) is 7.34. The van der Waals surface area contributed by atoms with Gasteiger partial charge in [0.2, 0.25) is 0 Å². The number of hydrogen-bond donors (Lipinski definition) is 1. The number of nitrogens with one attached hydrogen (secondary N) is 1. The van der Waals surface area contributed by atoms with E-state index < -0.39 is 0 Å².